The summed E-state index contributed by atoms with van der Waals surface area (Å²) in [6.07, 6.45) is 2.07. The lowest BCUT2D eigenvalue weighted by Crippen LogP contribution is -2.36. The molecule has 28 heavy (non-hydrogen) atoms. The SMILES string of the molecule is C[C@@H](OC(=O)/C=C/c1ccccc1)C(=O)Nc1ccc(N2CCOCC2)cc1. The molecule has 0 spiro atoms. The zero-order valence-corrected chi connectivity index (χ0v) is 15.8. The molecule has 0 unspecified atom stereocenters. The van der Waals surface area contributed by atoms with Crippen LogP contribution in [0.5, 0.6) is 0 Å². The molecule has 2 aromatic rings. The summed E-state index contributed by atoms with van der Waals surface area (Å²) in [5, 5.41) is 2.77. The molecule has 6 heteroatoms. The number of morpholine rings is 1. The molecular formula is C22H24N2O4. The predicted molar refractivity (Wildman–Crippen MR) is 109 cm³/mol. The van der Waals surface area contributed by atoms with Crippen molar-refractivity contribution in [1.82, 2.24) is 0 Å². The number of benzene rings is 2. The second-order valence-electron chi connectivity index (χ2n) is 6.46. The van der Waals surface area contributed by atoms with Crippen LogP contribution in [0.25, 0.3) is 6.08 Å². The zero-order valence-electron chi connectivity index (χ0n) is 15.8. The van der Waals surface area contributed by atoms with Crippen LogP contribution in [0, 0.1) is 0 Å². The Kier molecular flexibility index (Phi) is 6.81. The van der Waals surface area contributed by atoms with Crippen molar-refractivity contribution in [2.75, 3.05) is 36.5 Å². The van der Waals surface area contributed by atoms with Gasteiger partial charge in [0.25, 0.3) is 5.91 Å². The third kappa shape index (κ3) is 5.69. The summed E-state index contributed by atoms with van der Waals surface area (Å²) in [6, 6.07) is 17.0. The van der Waals surface area contributed by atoms with Crippen molar-refractivity contribution in [3.8, 4) is 0 Å². The van der Waals surface area contributed by atoms with Gasteiger partial charge in [0.05, 0.1) is 13.2 Å². The van der Waals surface area contributed by atoms with E-state index >= 15 is 0 Å². The van der Waals surface area contributed by atoms with E-state index < -0.39 is 12.1 Å². The molecule has 0 aliphatic carbocycles. The van der Waals surface area contributed by atoms with Crippen molar-refractivity contribution in [1.29, 1.82) is 0 Å². The normalized spacial score (nSPS) is 15.2. The van der Waals surface area contributed by atoms with Crippen LogP contribution in [-0.4, -0.2) is 44.3 Å². The lowest BCUT2D eigenvalue weighted by molar-refractivity contribution is -0.148. The lowest BCUT2D eigenvalue weighted by atomic mass is 10.2. The van der Waals surface area contributed by atoms with Gasteiger partial charge in [0.1, 0.15) is 0 Å². The highest BCUT2D eigenvalue weighted by molar-refractivity contribution is 5.96. The number of esters is 1. The average molecular weight is 380 g/mol. The first kappa shape index (κ1) is 19.6. The highest BCUT2D eigenvalue weighted by atomic mass is 16.5. The zero-order chi connectivity index (χ0) is 19.8. The van der Waals surface area contributed by atoms with Crippen molar-refractivity contribution in [3.63, 3.8) is 0 Å². The fraction of sp³-hybridized carbons (Fsp3) is 0.273. The van der Waals surface area contributed by atoms with Crippen molar-refractivity contribution in [2.45, 2.75) is 13.0 Å². The van der Waals surface area contributed by atoms with Crippen molar-refractivity contribution in [3.05, 3.63) is 66.2 Å². The first-order valence-corrected chi connectivity index (χ1v) is 9.29. The average Bonchev–Trinajstić information content (AvgIpc) is 2.74. The topological polar surface area (TPSA) is 67.9 Å². The minimum absolute atomic E-state index is 0.374. The van der Waals surface area contributed by atoms with Crippen molar-refractivity contribution >= 4 is 29.3 Å². The molecular weight excluding hydrogens is 356 g/mol. The Balaban J connectivity index is 1.49. The van der Waals surface area contributed by atoms with Gasteiger partial charge in [0.15, 0.2) is 6.10 Å². The van der Waals surface area contributed by atoms with E-state index in [1.165, 1.54) is 6.08 Å². The minimum Gasteiger partial charge on any atom is -0.449 e. The van der Waals surface area contributed by atoms with Gasteiger partial charge in [0, 0.05) is 30.5 Å². The van der Waals surface area contributed by atoms with Gasteiger partial charge in [-0.15, -0.1) is 0 Å². The molecule has 1 saturated heterocycles. The molecule has 0 bridgehead atoms. The molecule has 146 valence electrons. The molecule has 1 atom stereocenters. The van der Waals surface area contributed by atoms with Gasteiger partial charge in [-0.3, -0.25) is 4.79 Å². The second-order valence-corrected chi connectivity index (χ2v) is 6.46. The third-order valence-electron chi connectivity index (χ3n) is 4.38. The number of hydrogen-bond donors (Lipinski definition) is 1. The van der Waals surface area contributed by atoms with Gasteiger partial charge >= 0.3 is 5.97 Å². The number of carbonyl (C=O) groups excluding carboxylic acids is 2. The van der Waals surface area contributed by atoms with E-state index in [2.05, 4.69) is 10.2 Å². The first-order valence-electron chi connectivity index (χ1n) is 9.29. The molecule has 2 aromatic carbocycles. The van der Waals surface area contributed by atoms with Crippen LogP contribution >= 0.6 is 0 Å². The summed E-state index contributed by atoms with van der Waals surface area (Å²) in [5.74, 6) is -0.935. The fourth-order valence-corrected chi connectivity index (χ4v) is 2.82. The summed E-state index contributed by atoms with van der Waals surface area (Å²) >= 11 is 0. The van der Waals surface area contributed by atoms with E-state index in [-0.39, 0.29) is 5.91 Å². The minimum atomic E-state index is -0.896. The first-order chi connectivity index (χ1) is 13.6. The van der Waals surface area contributed by atoms with Gasteiger partial charge in [-0.05, 0) is 42.8 Å². The summed E-state index contributed by atoms with van der Waals surface area (Å²) in [5.41, 5.74) is 2.63. The van der Waals surface area contributed by atoms with Gasteiger partial charge in [0.2, 0.25) is 0 Å². The summed E-state index contributed by atoms with van der Waals surface area (Å²) in [6.45, 7) is 4.70. The van der Waals surface area contributed by atoms with E-state index in [9.17, 15) is 9.59 Å². The molecule has 0 radical (unpaired) electrons. The van der Waals surface area contributed by atoms with Gasteiger partial charge in [-0.2, -0.15) is 0 Å². The molecule has 0 saturated carbocycles. The lowest BCUT2D eigenvalue weighted by Gasteiger charge is -2.28. The maximum absolute atomic E-state index is 12.3. The Labute approximate surface area is 164 Å². The van der Waals surface area contributed by atoms with Crippen LogP contribution in [0.15, 0.2) is 60.7 Å². The Morgan fingerprint density at radius 2 is 1.75 bits per heavy atom. The number of nitrogens with one attached hydrogen (secondary N) is 1. The molecule has 1 heterocycles. The van der Waals surface area contributed by atoms with Crippen LogP contribution < -0.4 is 10.2 Å². The Hall–Kier alpha value is -3.12. The second kappa shape index (κ2) is 9.71. The van der Waals surface area contributed by atoms with Crippen molar-refractivity contribution < 1.29 is 19.1 Å². The number of ether oxygens (including phenoxy) is 2. The maximum atomic E-state index is 12.3. The highest BCUT2D eigenvalue weighted by Crippen LogP contribution is 2.19. The monoisotopic (exact) mass is 380 g/mol. The number of rotatable bonds is 6. The van der Waals surface area contributed by atoms with Crippen LogP contribution in [0.3, 0.4) is 0 Å². The molecule has 6 nitrogen and oxygen atoms in total. The molecule has 1 aliphatic heterocycles. The van der Waals surface area contributed by atoms with Crippen LogP contribution in [-0.2, 0) is 19.1 Å². The van der Waals surface area contributed by atoms with E-state index in [0.717, 1.165) is 37.6 Å². The quantitative estimate of drug-likeness (QED) is 0.616. The number of anilines is 2. The third-order valence-corrected chi connectivity index (χ3v) is 4.38. The number of carbonyl (C=O) groups is 2. The van der Waals surface area contributed by atoms with Gasteiger partial charge in [-0.1, -0.05) is 30.3 Å². The number of hydrogen-bond acceptors (Lipinski definition) is 5. The van der Waals surface area contributed by atoms with E-state index in [1.54, 1.807) is 13.0 Å². The van der Waals surface area contributed by atoms with E-state index in [0.29, 0.717) is 5.69 Å². The van der Waals surface area contributed by atoms with Gasteiger partial charge < -0.3 is 19.7 Å². The Morgan fingerprint density at radius 1 is 1.07 bits per heavy atom. The Bertz CT molecular complexity index is 812. The summed E-state index contributed by atoms with van der Waals surface area (Å²) in [4.78, 5) is 26.4. The van der Waals surface area contributed by atoms with E-state index in [4.69, 9.17) is 9.47 Å². The fourth-order valence-electron chi connectivity index (χ4n) is 2.82. The molecule has 3 rings (SSSR count). The van der Waals surface area contributed by atoms with Crippen molar-refractivity contribution in [2.24, 2.45) is 0 Å². The molecule has 1 N–H and O–H groups in total. The summed E-state index contributed by atoms with van der Waals surface area (Å²) in [7, 11) is 0. The van der Waals surface area contributed by atoms with E-state index in [1.807, 2.05) is 54.6 Å². The van der Waals surface area contributed by atoms with Crippen LogP contribution in [0.4, 0.5) is 11.4 Å². The maximum Gasteiger partial charge on any atom is 0.331 e. The molecule has 1 amide bonds. The largest absolute Gasteiger partial charge is 0.449 e. The highest BCUT2D eigenvalue weighted by Gasteiger charge is 2.17. The van der Waals surface area contributed by atoms with Gasteiger partial charge in [-0.25, -0.2) is 4.79 Å². The number of nitrogens with zero attached hydrogens (tertiary/aromatic N) is 1. The van der Waals surface area contributed by atoms with Crippen LogP contribution in [0.2, 0.25) is 0 Å². The summed E-state index contributed by atoms with van der Waals surface area (Å²) < 4.78 is 10.5. The molecule has 0 aromatic heterocycles. The van der Waals surface area contributed by atoms with Crippen LogP contribution in [0.1, 0.15) is 12.5 Å². The predicted octanol–water partition coefficient (Wildman–Crippen LogP) is 3.11. The molecule has 1 fully saturated rings. The Morgan fingerprint density at radius 3 is 2.43 bits per heavy atom. The molecule has 1 aliphatic rings. The number of amides is 1. The smallest absolute Gasteiger partial charge is 0.331 e. The standard InChI is InChI=1S/C22H24N2O4/c1-17(28-21(25)12-7-18-5-3-2-4-6-18)22(26)23-19-8-10-20(11-9-19)24-13-15-27-16-14-24/h2-12,17H,13-16H2,1H3,(H,23,26)/b12-7+/t17-/m1/s1.